The van der Waals surface area contributed by atoms with Gasteiger partial charge in [0.05, 0.1) is 11.1 Å². The summed E-state index contributed by atoms with van der Waals surface area (Å²) in [5, 5.41) is 3.63. The Labute approximate surface area is 338 Å². The lowest BCUT2D eigenvalue weighted by Gasteiger charge is -2.37. The van der Waals surface area contributed by atoms with E-state index in [9.17, 15) is 9.59 Å². The molecule has 9 rings (SSSR count). The van der Waals surface area contributed by atoms with Gasteiger partial charge in [0.1, 0.15) is 11.5 Å². The molecule has 0 fully saturated rings. The van der Waals surface area contributed by atoms with Crippen molar-refractivity contribution in [2.24, 2.45) is 0 Å². The van der Waals surface area contributed by atoms with Gasteiger partial charge in [0.25, 0.3) is 0 Å². The summed E-state index contributed by atoms with van der Waals surface area (Å²) < 4.78 is 19.6. The molecule has 290 valence electrons. The van der Waals surface area contributed by atoms with Gasteiger partial charge in [0.2, 0.25) is 0 Å². The van der Waals surface area contributed by atoms with Gasteiger partial charge in [-0.15, -0.1) is 0 Å². The third-order valence-electron chi connectivity index (χ3n) is 11.7. The molecule has 1 spiro atoms. The highest BCUT2D eigenvalue weighted by Crippen LogP contribution is 2.57. The first-order valence-corrected chi connectivity index (χ1v) is 19.4. The predicted octanol–water partition coefficient (Wildman–Crippen LogP) is 9.87. The van der Waals surface area contributed by atoms with Crippen LogP contribution in [-0.2, 0) is 20.7 Å². The van der Waals surface area contributed by atoms with Gasteiger partial charge in [0.15, 0.2) is 11.2 Å². The number of cyclic esters (lactones) is 1. The zero-order chi connectivity index (χ0) is 40.5. The molecular weight excluding hydrogens is 725 g/mol. The van der Waals surface area contributed by atoms with Crippen molar-refractivity contribution in [1.82, 2.24) is 0 Å². The fraction of sp³-hybridized carbons (Fsp3) is 0.184. The first-order chi connectivity index (χ1) is 28.0. The van der Waals surface area contributed by atoms with Crippen LogP contribution in [0.15, 0.2) is 134 Å². The summed E-state index contributed by atoms with van der Waals surface area (Å²) in [7, 11) is 7.91. The molecule has 6 aromatic rings. The van der Waals surface area contributed by atoms with Crippen molar-refractivity contribution in [3.8, 4) is 11.5 Å². The van der Waals surface area contributed by atoms with Gasteiger partial charge in [-0.25, -0.2) is 9.59 Å². The molecule has 0 bridgehead atoms. The molecule has 3 aliphatic rings. The fourth-order valence-corrected chi connectivity index (χ4v) is 8.61. The maximum atomic E-state index is 13.7. The minimum atomic E-state index is -1.23. The van der Waals surface area contributed by atoms with E-state index in [0.29, 0.717) is 22.6 Å². The van der Waals surface area contributed by atoms with Gasteiger partial charge < -0.3 is 34.2 Å². The van der Waals surface area contributed by atoms with Crippen molar-refractivity contribution in [2.45, 2.75) is 25.0 Å². The molecular formula is C49H44N4O5. The van der Waals surface area contributed by atoms with Crippen LogP contribution in [0.1, 0.15) is 66.6 Å². The molecule has 0 aliphatic carbocycles. The van der Waals surface area contributed by atoms with Crippen LogP contribution in [-0.4, -0.2) is 46.7 Å². The molecule has 0 saturated heterocycles. The highest BCUT2D eigenvalue weighted by molar-refractivity contribution is 5.98. The molecule has 3 aliphatic heterocycles. The van der Waals surface area contributed by atoms with E-state index in [1.807, 2.05) is 171 Å². The SMILES string of the molecule is C=CN(CC)c1ccc2c(c1)Oc1cc(C)c(Nc3ccc(C4(c5ccc(N(C)C)cc5)OC(=O)c5cc(N(C)C)ccc54)cc3)cc1C21OC(=O)c2ccccc21. The van der Waals surface area contributed by atoms with Crippen LogP contribution in [0.25, 0.3) is 0 Å². The maximum absolute atomic E-state index is 13.7. The highest BCUT2D eigenvalue weighted by Gasteiger charge is 2.54. The van der Waals surface area contributed by atoms with Crippen LogP contribution < -0.4 is 24.8 Å². The summed E-state index contributed by atoms with van der Waals surface area (Å²) in [5.74, 6) is 0.468. The average Bonchev–Trinajstić information content (AvgIpc) is 3.70. The van der Waals surface area contributed by atoms with Crippen LogP contribution >= 0.6 is 0 Å². The largest absolute Gasteiger partial charge is 0.456 e. The van der Waals surface area contributed by atoms with Crippen LogP contribution in [0.3, 0.4) is 0 Å². The standard InChI is InChI=1S/C49H44N4O5/c1-8-53(9-2)36-23-25-41-45(28-36)56-44-26-30(3)43(29-42(44)49(41)39-13-11-10-12-37(39)46(54)58-49)50-33-18-14-31(15-19-33)48(32-16-20-34(21-17-32)51(4)5)40-24-22-35(52(6)7)27-38(40)47(55)57-48/h8,10-29,50H,1,9H2,2-7H3. The van der Waals surface area contributed by atoms with Crippen molar-refractivity contribution in [3.05, 3.63) is 184 Å². The van der Waals surface area contributed by atoms with E-state index in [4.69, 9.17) is 14.2 Å². The van der Waals surface area contributed by atoms with Gasteiger partial charge in [0, 0.05) is 103 Å². The number of fused-ring (bicyclic) bond motifs is 7. The zero-order valence-corrected chi connectivity index (χ0v) is 33.4. The Hall–Kier alpha value is -7.00. The van der Waals surface area contributed by atoms with Crippen molar-refractivity contribution in [3.63, 3.8) is 0 Å². The number of hydrogen-bond acceptors (Lipinski definition) is 9. The Morgan fingerprint density at radius 2 is 1.21 bits per heavy atom. The Bertz CT molecular complexity index is 2650. The Morgan fingerprint density at radius 3 is 1.90 bits per heavy atom. The number of carbonyl (C=O) groups excluding carboxylic acids is 2. The maximum Gasteiger partial charge on any atom is 0.340 e. The average molecular weight is 769 g/mol. The number of rotatable bonds is 9. The van der Waals surface area contributed by atoms with Crippen molar-refractivity contribution in [1.29, 1.82) is 0 Å². The second kappa shape index (κ2) is 13.6. The van der Waals surface area contributed by atoms with E-state index < -0.39 is 11.2 Å². The van der Waals surface area contributed by atoms with E-state index in [2.05, 4.69) is 18.8 Å². The minimum absolute atomic E-state index is 0.367. The number of carbonyl (C=O) groups is 2. The molecule has 0 amide bonds. The summed E-state index contributed by atoms with van der Waals surface area (Å²) in [6.07, 6.45) is 1.79. The van der Waals surface area contributed by atoms with Gasteiger partial charge in [-0.1, -0.05) is 55.1 Å². The fourth-order valence-electron chi connectivity index (χ4n) is 8.61. The molecule has 58 heavy (non-hydrogen) atoms. The molecule has 9 heteroatoms. The molecule has 2 unspecified atom stereocenters. The summed E-state index contributed by atoms with van der Waals surface area (Å²) in [6.45, 7) is 8.79. The lowest BCUT2D eigenvalue weighted by atomic mass is 9.77. The number of ether oxygens (including phenoxy) is 3. The van der Waals surface area contributed by atoms with E-state index in [1.165, 1.54) is 0 Å². The predicted molar refractivity (Wildman–Crippen MR) is 229 cm³/mol. The van der Waals surface area contributed by atoms with Crippen LogP contribution in [0, 0.1) is 6.92 Å². The second-order valence-corrected chi connectivity index (χ2v) is 15.4. The number of esters is 2. The number of nitrogens with one attached hydrogen (secondary N) is 1. The third-order valence-corrected chi connectivity index (χ3v) is 11.7. The quantitative estimate of drug-likeness (QED) is 0.145. The first-order valence-electron chi connectivity index (χ1n) is 19.4. The molecule has 1 N–H and O–H groups in total. The van der Waals surface area contributed by atoms with Crippen molar-refractivity contribution >= 4 is 40.4 Å². The van der Waals surface area contributed by atoms with E-state index in [-0.39, 0.29) is 11.9 Å². The summed E-state index contributed by atoms with van der Waals surface area (Å²) >= 11 is 0. The van der Waals surface area contributed by atoms with Gasteiger partial charge in [-0.2, -0.15) is 0 Å². The number of aryl methyl sites for hydroxylation is 1. The molecule has 0 aromatic heterocycles. The summed E-state index contributed by atoms with van der Waals surface area (Å²) in [6, 6.07) is 39.6. The monoisotopic (exact) mass is 768 g/mol. The Morgan fingerprint density at radius 1 is 0.621 bits per heavy atom. The normalized spacial score (nSPS) is 18.2. The highest BCUT2D eigenvalue weighted by atomic mass is 16.6. The van der Waals surface area contributed by atoms with E-state index in [0.717, 1.165) is 73.9 Å². The Kier molecular flexibility index (Phi) is 8.58. The molecule has 0 radical (unpaired) electrons. The number of nitrogens with zero attached hydrogens (tertiary/aromatic N) is 3. The number of anilines is 5. The zero-order valence-electron chi connectivity index (χ0n) is 33.4. The topological polar surface area (TPSA) is 83.6 Å². The van der Waals surface area contributed by atoms with E-state index in [1.54, 1.807) is 6.20 Å². The molecule has 0 saturated carbocycles. The van der Waals surface area contributed by atoms with E-state index >= 15 is 0 Å². The van der Waals surface area contributed by atoms with Gasteiger partial charge >= 0.3 is 11.9 Å². The van der Waals surface area contributed by atoms with Gasteiger partial charge in [-0.3, -0.25) is 0 Å². The van der Waals surface area contributed by atoms with Crippen molar-refractivity contribution in [2.75, 3.05) is 54.8 Å². The summed E-state index contributed by atoms with van der Waals surface area (Å²) in [4.78, 5) is 33.3. The van der Waals surface area contributed by atoms with Crippen molar-refractivity contribution < 1.29 is 23.8 Å². The molecule has 6 aromatic carbocycles. The summed E-state index contributed by atoms with van der Waals surface area (Å²) in [5.41, 5.74) is 8.84. The smallest absolute Gasteiger partial charge is 0.340 e. The second-order valence-electron chi connectivity index (χ2n) is 15.4. The molecule has 3 heterocycles. The molecule has 9 nitrogen and oxygen atoms in total. The lowest BCUT2D eigenvalue weighted by Crippen LogP contribution is -2.33. The van der Waals surface area contributed by atoms with Crippen LogP contribution in [0.5, 0.6) is 11.5 Å². The Balaban J connectivity index is 1.12. The lowest BCUT2D eigenvalue weighted by molar-refractivity contribution is 0.0221. The minimum Gasteiger partial charge on any atom is -0.456 e. The third kappa shape index (κ3) is 5.44. The number of benzene rings is 6. The first kappa shape index (κ1) is 36.6. The van der Waals surface area contributed by atoms with Crippen LogP contribution in [0.4, 0.5) is 28.4 Å². The molecule has 2 atom stereocenters. The van der Waals surface area contributed by atoms with Crippen LogP contribution in [0.2, 0.25) is 0 Å². The number of hydrogen-bond donors (Lipinski definition) is 1. The van der Waals surface area contributed by atoms with Gasteiger partial charge in [-0.05, 0) is 92.3 Å².